The van der Waals surface area contributed by atoms with Gasteiger partial charge in [0.1, 0.15) is 0 Å². The van der Waals surface area contributed by atoms with Crippen LogP contribution < -0.4 is 11.2 Å². The first-order valence-electron chi connectivity index (χ1n) is 8.38. The molecule has 0 bridgehead atoms. The third-order valence-electron chi connectivity index (χ3n) is 4.72. The molecule has 3 heterocycles. The summed E-state index contributed by atoms with van der Waals surface area (Å²) >= 11 is 0. The number of hydrogen-bond donors (Lipinski definition) is 1. The normalized spacial score (nSPS) is 12.0. The maximum Gasteiger partial charge on any atom is 0.332 e. The Kier molecular flexibility index (Phi) is 3.64. The minimum absolute atomic E-state index is 0.200. The summed E-state index contributed by atoms with van der Waals surface area (Å²) in [7, 11) is 1.64. The molecule has 0 amide bonds. The van der Waals surface area contributed by atoms with Gasteiger partial charge in [0.15, 0.2) is 11.2 Å². The number of benzene rings is 1. The Morgan fingerprint density at radius 1 is 1.15 bits per heavy atom. The fraction of sp³-hybridized carbons (Fsp3) is 0.211. The van der Waals surface area contributed by atoms with Crippen LogP contribution in [0.2, 0.25) is 0 Å². The smallest absolute Gasteiger partial charge is 0.327 e. The highest BCUT2D eigenvalue weighted by atomic mass is 16.2. The first kappa shape index (κ1) is 16.1. The molecule has 1 N–H and O–H groups in total. The van der Waals surface area contributed by atoms with Crippen LogP contribution in [0, 0.1) is 13.8 Å². The minimum Gasteiger partial charge on any atom is -0.327 e. The molecule has 0 unspecified atom stereocenters. The van der Waals surface area contributed by atoms with Crippen LogP contribution in [0.4, 0.5) is 0 Å². The Bertz CT molecular complexity index is 1270. The van der Waals surface area contributed by atoms with Gasteiger partial charge in [-0.1, -0.05) is 42.5 Å². The molecule has 0 fully saturated rings. The number of rotatable bonds is 3. The molecule has 3 aromatic heterocycles. The van der Waals surface area contributed by atoms with Crippen molar-refractivity contribution >= 4 is 23.0 Å². The van der Waals surface area contributed by atoms with Gasteiger partial charge in [0.25, 0.3) is 5.56 Å². The van der Waals surface area contributed by atoms with Crippen LogP contribution in [-0.4, -0.2) is 23.5 Å². The van der Waals surface area contributed by atoms with Gasteiger partial charge in [-0.2, -0.15) is 4.98 Å². The molecule has 132 valence electrons. The zero-order valence-electron chi connectivity index (χ0n) is 14.9. The lowest BCUT2D eigenvalue weighted by Gasteiger charge is -2.06. The van der Waals surface area contributed by atoms with Crippen LogP contribution >= 0.6 is 0 Å². The van der Waals surface area contributed by atoms with E-state index in [1.54, 1.807) is 11.4 Å². The number of fused-ring (bicyclic) bond motifs is 3. The number of allylic oxidation sites excluding steroid dienone is 1. The number of aromatic amines is 1. The van der Waals surface area contributed by atoms with Crippen LogP contribution in [0.25, 0.3) is 23.0 Å². The van der Waals surface area contributed by atoms with E-state index in [1.165, 1.54) is 9.13 Å². The second-order valence-electron chi connectivity index (χ2n) is 6.35. The van der Waals surface area contributed by atoms with Crippen molar-refractivity contribution in [2.45, 2.75) is 20.4 Å². The lowest BCUT2D eigenvalue weighted by molar-refractivity contribution is 0.667. The molecule has 0 radical (unpaired) electrons. The maximum absolute atomic E-state index is 13.0. The first-order chi connectivity index (χ1) is 12.5. The molecule has 0 aliphatic heterocycles. The highest BCUT2D eigenvalue weighted by Gasteiger charge is 2.19. The number of hydrogen-bond acceptors (Lipinski definition) is 3. The quantitative estimate of drug-likeness (QED) is 0.615. The van der Waals surface area contributed by atoms with Crippen molar-refractivity contribution < 1.29 is 0 Å². The highest BCUT2D eigenvalue weighted by molar-refractivity contribution is 5.76. The molecule has 0 spiro atoms. The maximum atomic E-state index is 13.0. The Hall–Kier alpha value is -3.35. The zero-order valence-corrected chi connectivity index (χ0v) is 14.9. The van der Waals surface area contributed by atoms with Gasteiger partial charge in [-0.05, 0) is 19.4 Å². The monoisotopic (exact) mass is 349 g/mol. The van der Waals surface area contributed by atoms with Crippen LogP contribution in [0.15, 0.2) is 46.0 Å². The Balaban J connectivity index is 1.89. The predicted octanol–water partition coefficient (Wildman–Crippen LogP) is 2.01. The van der Waals surface area contributed by atoms with Crippen LogP contribution in [-0.2, 0) is 13.6 Å². The van der Waals surface area contributed by atoms with E-state index < -0.39 is 0 Å². The number of aryl methyl sites for hydroxylation is 3. The van der Waals surface area contributed by atoms with Gasteiger partial charge in [-0.15, -0.1) is 0 Å². The highest BCUT2D eigenvalue weighted by Crippen LogP contribution is 2.16. The SMILES string of the molecule is Cc1[nH]c2nc3c(c(=O)n(CC=Cc4ccccc4)c(=O)n3C)n2c1C. The molecule has 1 aromatic carbocycles. The van der Waals surface area contributed by atoms with Crippen molar-refractivity contribution in [1.29, 1.82) is 0 Å². The van der Waals surface area contributed by atoms with Crippen molar-refractivity contribution in [3.63, 3.8) is 0 Å². The molecular formula is C19H19N5O2. The fourth-order valence-electron chi connectivity index (χ4n) is 3.18. The summed E-state index contributed by atoms with van der Waals surface area (Å²) in [6, 6.07) is 9.76. The molecule has 0 saturated heterocycles. The third kappa shape index (κ3) is 2.32. The lowest BCUT2D eigenvalue weighted by Crippen LogP contribution is -2.39. The summed E-state index contributed by atoms with van der Waals surface area (Å²) in [5, 5.41) is 0. The summed E-state index contributed by atoms with van der Waals surface area (Å²) in [5.41, 5.74) is 2.95. The Labute approximate surface area is 148 Å². The van der Waals surface area contributed by atoms with E-state index in [4.69, 9.17) is 0 Å². The van der Waals surface area contributed by atoms with E-state index in [0.29, 0.717) is 16.9 Å². The second-order valence-corrected chi connectivity index (χ2v) is 6.35. The third-order valence-corrected chi connectivity index (χ3v) is 4.72. The molecule has 4 aromatic rings. The number of H-pyrrole nitrogens is 1. The van der Waals surface area contributed by atoms with E-state index in [2.05, 4.69) is 9.97 Å². The van der Waals surface area contributed by atoms with E-state index in [0.717, 1.165) is 17.0 Å². The van der Waals surface area contributed by atoms with E-state index in [-0.39, 0.29) is 17.8 Å². The molecule has 4 rings (SSSR count). The number of aromatic nitrogens is 5. The van der Waals surface area contributed by atoms with E-state index in [9.17, 15) is 9.59 Å². The molecule has 26 heavy (non-hydrogen) atoms. The summed E-state index contributed by atoms with van der Waals surface area (Å²) in [4.78, 5) is 33.2. The van der Waals surface area contributed by atoms with E-state index >= 15 is 0 Å². The van der Waals surface area contributed by atoms with Crippen molar-refractivity contribution in [3.8, 4) is 0 Å². The standard InChI is InChI=1S/C19H19N5O2/c1-12-13(2)24-15-16(21-18(24)20-12)22(3)19(26)23(17(15)25)11-7-10-14-8-5-4-6-9-14/h4-10H,11H2,1-3H3,(H,20,21). The van der Waals surface area contributed by atoms with Gasteiger partial charge in [0.05, 0.1) is 0 Å². The molecule has 0 aliphatic rings. The van der Waals surface area contributed by atoms with Gasteiger partial charge in [0.2, 0.25) is 5.78 Å². The number of nitrogens with one attached hydrogen (secondary N) is 1. The van der Waals surface area contributed by atoms with Crippen molar-refractivity contribution in [1.82, 2.24) is 23.5 Å². The molecule has 0 atom stereocenters. The fourth-order valence-corrected chi connectivity index (χ4v) is 3.18. The van der Waals surface area contributed by atoms with Crippen LogP contribution in [0.5, 0.6) is 0 Å². The molecule has 0 aliphatic carbocycles. The second kappa shape index (κ2) is 5.87. The van der Waals surface area contributed by atoms with Crippen molar-refractivity contribution in [2.24, 2.45) is 7.05 Å². The van der Waals surface area contributed by atoms with Crippen molar-refractivity contribution in [3.05, 3.63) is 74.2 Å². The predicted molar refractivity (Wildman–Crippen MR) is 101 cm³/mol. The average Bonchev–Trinajstić information content (AvgIpc) is 3.14. The first-order valence-corrected chi connectivity index (χ1v) is 8.38. The zero-order chi connectivity index (χ0) is 18.4. The van der Waals surface area contributed by atoms with Crippen LogP contribution in [0.3, 0.4) is 0 Å². The van der Waals surface area contributed by atoms with Crippen LogP contribution in [0.1, 0.15) is 17.0 Å². The topological polar surface area (TPSA) is 77.1 Å². The molecule has 0 saturated carbocycles. The van der Waals surface area contributed by atoms with Gasteiger partial charge in [-0.3, -0.25) is 18.3 Å². The lowest BCUT2D eigenvalue weighted by atomic mass is 10.2. The number of nitrogens with zero attached hydrogens (tertiary/aromatic N) is 4. The molecule has 7 nitrogen and oxygen atoms in total. The van der Waals surface area contributed by atoms with Crippen molar-refractivity contribution in [2.75, 3.05) is 0 Å². The largest absolute Gasteiger partial charge is 0.332 e. The van der Waals surface area contributed by atoms with Gasteiger partial charge >= 0.3 is 5.69 Å². The van der Waals surface area contributed by atoms with Gasteiger partial charge in [-0.25, -0.2) is 4.79 Å². The number of imidazole rings is 2. The van der Waals surface area contributed by atoms with Gasteiger partial charge in [0, 0.05) is 25.0 Å². The summed E-state index contributed by atoms with van der Waals surface area (Å²) in [6.45, 7) is 4.05. The van der Waals surface area contributed by atoms with Gasteiger partial charge < -0.3 is 4.98 Å². The summed E-state index contributed by atoms with van der Waals surface area (Å²) in [6.07, 6.45) is 3.71. The Morgan fingerprint density at radius 2 is 1.88 bits per heavy atom. The molecular weight excluding hydrogens is 330 g/mol. The summed E-state index contributed by atoms with van der Waals surface area (Å²) in [5.74, 6) is 0.569. The van der Waals surface area contributed by atoms with E-state index in [1.807, 2.05) is 56.3 Å². The molecule has 7 heteroatoms. The Morgan fingerprint density at radius 3 is 2.62 bits per heavy atom. The summed E-state index contributed by atoms with van der Waals surface area (Å²) < 4.78 is 4.43. The average molecular weight is 349 g/mol. The minimum atomic E-state index is -0.379.